The molecule has 2 rings (SSSR count). The van der Waals surface area contributed by atoms with Gasteiger partial charge in [-0.1, -0.05) is 32.1 Å². The van der Waals surface area contributed by atoms with Gasteiger partial charge in [-0.25, -0.2) is 9.48 Å². The number of fused-ring (bicyclic) bond motifs is 1. The van der Waals surface area contributed by atoms with Crippen LogP contribution in [0.25, 0.3) is 11.0 Å². The highest BCUT2D eigenvalue weighted by Crippen LogP contribution is 2.26. The summed E-state index contributed by atoms with van der Waals surface area (Å²) in [5, 5.41) is 17.4. The number of carbonyl (C=O) groups is 1. The summed E-state index contributed by atoms with van der Waals surface area (Å²) in [6, 6.07) is 5.24. The number of aromatic carboxylic acids is 1. The van der Waals surface area contributed by atoms with Crippen molar-refractivity contribution in [2.45, 2.75) is 33.2 Å². The maximum absolute atomic E-state index is 11.3. The molecule has 0 amide bonds. The van der Waals surface area contributed by atoms with Crippen LogP contribution in [-0.4, -0.2) is 26.1 Å². The SMILES string of the molecule is CCC(C(C)C)n1nnc2cccc(C(=O)O)c21. The normalized spacial score (nSPS) is 13.1. The van der Waals surface area contributed by atoms with E-state index >= 15 is 0 Å². The van der Waals surface area contributed by atoms with Crippen LogP contribution in [0.3, 0.4) is 0 Å². The van der Waals surface area contributed by atoms with Gasteiger partial charge in [-0.2, -0.15) is 0 Å². The van der Waals surface area contributed by atoms with Gasteiger partial charge in [0, 0.05) is 0 Å². The maximum Gasteiger partial charge on any atom is 0.337 e. The van der Waals surface area contributed by atoms with E-state index in [0.29, 0.717) is 17.0 Å². The highest BCUT2D eigenvalue weighted by Gasteiger charge is 2.21. The fraction of sp³-hybridized carbons (Fsp3) is 0.462. The Bertz CT molecular complexity index is 575. The predicted molar refractivity (Wildman–Crippen MR) is 68.7 cm³/mol. The Balaban J connectivity index is 2.68. The van der Waals surface area contributed by atoms with Gasteiger partial charge in [0.2, 0.25) is 0 Å². The van der Waals surface area contributed by atoms with Crippen molar-refractivity contribution in [2.24, 2.45) is 5.92 Å². The lowest BCUT2D eigenvalue weighted by atomic mass is 10.0. The van der Waals surface area contributed by atoms with E-state index in [-0.39, 0.29) is 11.6 Å². The molecule has 0 fully saturated rings. The summed E-state index contributed by atoms with van der Waals surface area (Å²) in [4.78, 5) is 11.3. The lowest BCUT2D eigenvalue weighted by Gasteiger charge is -2.20. The molecule has 0 spiro atoms. The Morgan fingerprint density at radius 2 is 2.17 bits per heavy atom. The van der Waals surface area contributed by atoms with E-state index in [0.717, 1.165) is 6.42 Å². The zero-order valence-corrected chi connectivity index (χ0v) is 10.8. The first kappa shape index (κ1) is 12.5. The minimum Gasteiger partial charge on any atom is -0.478 e. The van der Waals surface area contributed by atoms with Crippen molar-refractivity contribution in [1.82, 2.24) is 15.0 Å². The number of hydrogen-bond donors (Lipinski definition) is 1. The Morgan fingerprint density at radius 1 is 1.44 bits per heavy atom. The van der Waals surface area contributed by atoms with Crippen LogP contribution in [0, 0.1) is 5.92 Å². The maximum atomic E-state index is 11.3. The van der Waals surface area contributed by atoms with Gasteiger partial charge in [-0.05, 0) is 24.5 Å². The van der Waals surface area contributed by atoms with Gasteiger partial charge >= 0.3 is 5.97 Å². The van der Waals surface area contributed by atoms with Gasteiger partial charge in [0.05, 0.1) is 11.6 Å². The minimum atomic E-state index is -0.942. The van der Waals surface area contributed by atoms with Crippen molar-refractivity contribution in [3.05, 3.63) is 23.8 Å². The first-order valence-electron chi connectivity index (χ1n) is 6.13. The van der Waals surface area contributed by atoms with Gasteiger partial charge in [-0.15, -0.1) is 5.10 Å². The van der Waals surface area contributed by atoms with Crippen LogP contribution >= 0.6 is 0 Å². The third kappa shape index (κ3) is 1.96. The number of hydrogen-bond acceptors (Lipinski definition) is 3. The summed E-state index contributed by atoms with van der Waals surface area (Å²) >= 11 is 0. The van der Waals surface area contributed by atoms with Gasteiger partial charge in [0.1, 0.15) is 11.0 Å². The van der Waals surface area contributed by atoms with Gasteiger partial charge in [0.15, 0.2) is 0 Å². The summed E-state index contributed by atoms with van der Waals surface area (Å²) in [7, 11) is 0. The quantitative estimate of drug-likeness (QED) is 0.902. The first-order valence-corrected chi connectivity index (χ1v) is 6.13. The smallest absolute Gasteiger partial charge is 0.337 e. The summed E-state index contributed by atoms with van der Waals surface area (Å²) in [5.74, 6) is -0.565. The van der Waals surface area contributed by atoms with Crippen molar-refractivity contribution in [2.75, 3.05) is 0 Å². The Kier molecular flexibility index (Phi) is 3.32. The van der Waals surface area contributed by atoms with Crippen LogP contribution in [0.2, 0.25) is 0 Å². The molecule has 2 aromatic rings. The van der Waals surface area contributed by atoms with Crippen molar-refractivity contribution >= 4 is 17.0 Å². The number of benzene rings is 1. The number of aromatic nitrogens is 3. The molecule has 1 heterocycles. The lowest BCUT2D eigenvalue weighted by Crippen LogP contribution is -2.17. The highest BCUT2D eigenvalue weighted by atomic mass is 16.4. The summed E-state index contributed by atoms with van der Waals surface area (Å²) in [6.07, 6.45) is 0.893. The molecule has 1 unspecified atom stereocenters. The molecule has 1 aromatic carbocycles. The monoisotopic (exact) mass is 247 g/mol. The second-order valence-corrected chi connectivity index (χ2v) is 4.73. The van der Waals surface area contributed by atoms with E-state index in [1.807, 2.05) is 0 Å². The van der Waals surface area contributed by atoms with E-state index in [9.17, 15) is 9.90 Å². The largest absolute Gasteiger partial charge is 0.478 e. The van der Waals surface area contributed by atoms with Crippen LogP contribution in [0.5, 0.6) is 0 Å². The number of carboxylic acids is 1. The Hall–Kier alpha value is -1.91. The van der Waals surface area contributed by atoms with E-state index in [4.69, 9.17) is 0 Å². The molecular formula is C13H17N3O2. The summed E-state index contributed by atoms with van der Waals surface area (Å²) < 4.78 is 1.75. The first-order chi connectivity index (χ1) is 8.56. The fourth-order valence-corrected chi connectivity index (χ4v) is 2.33. The van der Waals surface area contributed by atoms with E-state index in [1.54, 1.807) is 22.9 Å². The molecule has 1 atom stereocenters. The van der Waals surface area contributed by atoms with Crippen LogP contribution in [0.4, 0.5) is 0 Å². The molecule has 0 aliphatic carbocycles. The van der Waals surface area contributed by atoms with Crippen LogP contribution in [-0.2, 0) is 0 Å². The molecule has 5 nitrogen and oxygen atoms in total. The van der Waals surface area contributed by atoms with Gasteiger partial charge in [-0.3, -0.25) is 0 Å². The molecule has 0 bridgehead atoms. The van der Waals surface area contributed by atoms with Crippen molar-refractivity contribution < 1.29 is 9.90 Å². The topological polar surface area (TPSA) is 68.0 Å². The molecule has 1 aromatic heterocycles. The molecule has 0 saturated carbocycles. The Morgan fingerprint density at radius 3 is 2.72 bits per heavy atom. The summed E-state index contributed by atoms with van der Waals surface area (Å²) in [5.41, 5.74) is 1.51. The van der Waals surface area contributed by atoms with E-state index in [2.05, 4.69) is 31.1 Å². The minimum absolute atomic E-state index is 0.163. The lowest BCUT2D eigenvalue weighted by molar-refractivity contribution is 0.0698. The molecule has 96 valence electrons. The third-order valence-electron chi connectivity index (χ3n) is 3.23. The fourth-order valence-electron chi connectivity index (χ4n) is 2.33. The average Bonchev–Trinajstić information content (AvgIpc) is 2.73. The van der Waals surface area contributed by atoms with Crippen molar-refractivity contribution in [3.63, 3.8) is 0 Å². The molecule has 0 saturated heterocycles. The third-order valence-corrected chi connectivity index (χ3v) is 3.23. The summed E-state index contributed by atoms with van der Waals surface area (Å²) in [6.45, 7) is 6.28. The van der Waals surface area contributed by atoms with Crippen molar-refractivity contribution in [3.8, 4) is 0 Å². The molecular weight excluding hydrogens is 230 g/mol. The second-order valence-electron chi connectivity index (χ2n) is 4.73. The van der Waals surface area contributed by atoms with Crippen LogP contribution < -0.4 is 0 Å². The van der Waals surface area contributed by atoms with Gasteiger partial charge in [0.25, 0.3) is 0 Å². The molecule has 1 N–H and O–H groups in total. The van der Waals surface area contributed by atoms with Crippen LogP contribution in [0.15, 0.2) is 18.2 Å². The van der Waals surface area contributed by atoms with Crippen molar-refractivity contribution in [1.29, 1.82) is 0 Å². The molecule has 0 aliphatic heterocycles. The van der Waals surface area contributed by atoms with Crippen LogP contribution in [0.1, 0.15) is 43.6 Å². The molecule has 0 radical (unpaired) electrons. The average molecular weight is 247 g/mol. The number of rotatable bonds is 4. The molecule has 0 aliphatic rings. The highest BCUT2D eigenvalue weighted by molar-refractivity contribution is 6.00. The number of carboxylic acid groups (broad SMARTS) is 1. The standard InChI is InChI=1S/C13H17N3O2/c1-4-11(8(2)3)16-12-9(13(17)18)6-5-7-10(12)14-15-16/h5-8,11H,4H2,1-3H3,(H,17,18). The number of nitrogens with zero attached hydrogens (tertiary/aromatic N) is 3. The second kappa shape index (κ2) is 4.76. The van der Waals surface area contributed by atoms with E-state index in [1.165, 1.54) is 0 Å². The molecule has 18 heavy (non-hydrogen) atoms. The predicted octanol–water partition coefficient (Wildman–Crippen LogP) is 2.74. The molecule has 5 heteroatoms. The number of para-hydroxylation sites is 1. The Labute approximate surface area is 105 Å². The van der Waals surface area contributed by atoms with Gasteiger partial charge < -0.3 is 5.11 Å². The zero-order chi connectivity index (χ0) is 13.3. The zero-order valence-electron chi connectivity index (χ0n) is 10.8. The van der Waals surface area contributed by atoms with E-state index < -0.39 is 5.97 Å².